The van der Waals surface area contributed by atoms with Crippen molar-refractivity contribution in [3.05, 3.63) is 41.5 Å². The zero-order valence-electron chi connectivity index (χ0n) is 14.9. The van der Waals surface area contributed by atoms with Crippen LogP contribution in [0, 0.1) is 0 Å². The first-order valence-corrected chi connectivity index (χ1v) is 10.6. The summed E-state index contributed by atoms with van der Waals surface area (Å²) in [6, 6.07) is 7.46. The summed E-state index contributed by atoms with van der Waals surface area (Å²) in [6.45, 7) is 11.1. The quantitative estimate of drug-likeness (QED) is 0.275. The van der Waals surface area contributed by atoms with Crippen LogP contribution >= 0.6 is 0 Å². The fourth-order valence-electron chi connectivity index (χ4n) is 0.770. The number of rotatable bonds is 4. The normalized spacial score (nSPS) is 8.95. The summed E-state index contributed by atoms with van der Waals surface area (Å²) >= 11 is 0. The van der Waals surface area contributed by atoms with Crippen molar-refractivity contribution in [1.29, 1.82) is 0 Å². The van der Waals surface area contributed by atoms with E-state index in [1.54, 1.807) is 13.1 Å². The number of hydrogen-bond donors (Lipinski definition) is 0. The van der Waals surface area contributed by atoms with Crippen molar-refractivity contribution in [2.45, 2.75) is 53.1 Å². The van der Waals surface area contributed by atoms with Gasteiger partial charge >= 0.3 is 25.8 Å². The first-order chi connectivity index (χ1) is 9.85. The van der Waals surface area contributed by atoms with Gasteiger partial charge in [-0.3, -0.25) is 0 Å². The van der Waals surface area contributed by atoms with E-state index in [4.69, 9.17) is 17.2 Å². The monoisotopic (exact) mass is 495 g/mol. The van der Waals surface area contributed by atoms with Crippen molar-refractivity contribution in [2.24, 2.45) is 0 Å². The van der Waals surface area contributed by atoms with Gasteiger partial charge in [-0.05, 0) is 13.1 Å². The van der Waals surface area contributed by atoms with Gasteiger partial charge in [0.1, 0.15) is 0 Å². The molecule has 0 radical (unpaired) electrons. The Hall–Kier alpha value is 0.247. The first-order valence-electron chi connectivity index (χ1n) is 7.70. The molecule has 0 bridgehead atoms. The minimum absolute atomic E-state index is 0. The second kappa shape index (κ2) is 23.5. The molecule has 0 saturated heterocycles. The van der Waals surface area contributed by atoms with Gasteiger partial charge in [-0.15, -0.1) is 5.19 Å². The molecular formula is C16H34FHfN3Si. The molecule has 0 aliphatic heterocycles. The van der Waals surface area contributed by atoms with Crippen LogP contribution in [0.1, 0.15) is 40.0 Å². The van der Waals surface area contributed by atoms with Crippen molar-refractivity contribution >= 4 is 13.6 Å². The molecule has 0 atom stereocenters. The number of hydrogen-bond acceptors (Lipinski definition) is 0. The van der Waals surface area contributed by atoms with Crippen LogP contribution < -0.4 is 5.19 Å². The predicted octanol–water partition coefficient (Wildman–Crippen LogP) is 6.13. The van der Waals surface area contributed by atoms with Gasteiger partial charge in [-0.2, -0.15) is 31.8 Å². The number of nitrogens with one attached hydrogen (secondary N) is 3. The third kappa shape index (κ3) is 28.4. The Kier molecular flexibility index (Phi) is 32.2. The largest absolute Gasteiger partial charge is 4.00 e. The van der Waals surface area contributed by atoms with Crippen molar-refractivity contribution < 1.29 is 30.0 Å². The average molecular weight is 494 g/mol. The van der Waals surface area contributed by atoms with Crippen LogP contribution in [0.3, 0.4) is 0 Å². The van der Waals surface area contributed by atoms with E-state index in [0.717, 1.165) is 24.4 Å². The summed E-state index contributed by atoms with van der Waals surface area (Å²) in [4.78, 5) is 0. The summed E-state index contributed by atoms with van der Waals surface area (Å²) in [5.74, 6) is 0. The van der Waals surface area contributed by atoms with Gasteiger partial charge in [0.15, 0.2) is 0 Å². The standard InChI is InChI=1S/C7H10FSi.3C3H8N.Hf/c1-9(2,8)7-5-3-4-6-7;3*1-2-3-4;/h3-6H,1-2H3;3*4H,2-3H2,1H3;/q4*-1;+4. The molecule has 0 heterocycles. The van der Waals surface area contributed by atoms with Crippen LogP contribution in [0.4, 0.5) is 4.11 Å². The van der Waals surface area contributed by atoms with Crippen LogP contribution in [-0.2, 0) is 25.8 Å². The average Bonchev–Trinajstić information content (AvgIpc) is 3.02. The van der Waals surface area contributed by atoms with Gasteiger partial charge in [-0.1, -0.05) is 40.0 Å². The van der Waals surface area contributed by atoms with E-state index in [-0.39, 0.29) is 25.8 Å². The van der Waals surface area contributed by atoms with E-state index in [2.05, 4.69) is 0 Å². The zero-order chi connectivity index (χ0) is 17.1. The van der Waals surface area contributed by atoms with E-state index < -0.39 is 8.41 Å². The second-order valence-corrected chi connectivity index (χ2v) is 8.42. The van der Waals surface area contributed by atoms with Crippen molar-refractivity contribution in [3.63, 3.8) is 0 Å². The van der Waals surface area contributed by atoms with Crippen LogP contribution in [0.5, 0.6) is 0 Å². The maximum absolute atomic E-state index is 13.1. The van der Waals surface area contributed by atoms with E-state index in [0.29, 0.717) is 19.6 Å². The minimum atomic E-state index is -2.48. The Bertz CT molecular complexity index is 249. The van der Waals surface area contributed by atoms with Crippen molar-refractivity contribution in [2.75, 3.05) is 19.6 Å². The summed E-state index contributed by atoms with van der Waals surface area (Å²) in [6.07, 6.45) is 2.96. The molecule has 6 heteroatoms. The maximum atomic E-state index is 13.1. The summed E-state index contributed by atoms with van der Waals surface area (Å²) in [7, 11) is -2.48. The number of halogens is 1. The fraction of sp³-hybridized carbons (Fsp3) is 0.688. The van der Waals surface area contributed by atoms with Crippen LogP contribution in [-0.4, -0.2) is 28.0 Å². The summed E-state index contributed by atoms with van der Waals surface area (Å²) in [5.41, 5.74) is 19.4. The molecule has 0 aliphatic carbocycles. The Morgan fingerprint density at radius 3 is 1.14 bits per heavy atom. The van der Waals surface area contributed by atoms with Gasteiger partial charge in [-0.25, -0.2) is 12.1 Å². The topological polar surface area (TPSA) is 71.4 Å². The molecule has 22 heavy (non-hydrogen) atoms. The molecule has 1 aromatic carbocycles. The first kappa shape index (κ1) is 30.2. The maximum Gasteiger partial charge on any atom is 4.00 e. The molecule has 0 aromatic heterocycles. The van der Waals surface area contributed by atoms with Gasteiger partial charge in [0.05, 0.1) is 0 Å². The minimum Gasteiger partial charge on any atom is -0.677 e. The zero-order valence-corrected chi connectivity index (χ0v) is 19.5. The van der Waals surface area contributed by atoms with Crippen LogP contribution in [0.15, 0.2) is 24.3 Å². The van der Waals surface area contributed by atoms with Crippen LogP contribution in [0.25, 0.3) is 17.2 Å². The molecular weight excluding hydrogens is 460 g/mol. The van der Waals surface area contributed by atoms with Gasteiger partial charge in [0, 0.05) is 0 Å². The van der Waals surface area contributed by atoms with Crippen molar-refractivity contribution in [1.82, 2.24) is 0 Å². The summed E-state index contributed by atoms with van der Waals surface area (Å²) < 4.78 is 13.1. The molecule has 1 rings (SSSR count). The Balaban J connectivity index is -0.000000107. The Labute approximate surface area is 157 Å². The molecule has 3 N–H and O–H groups in total. The molecule has 0 aliphatic rings. The van der Waals surface area contributed by atoms with E-state index in [1.165, 1.54) is 0 Å². The molecule has 0 amide bonds. The third-order valence-electron chi connectivity index (χ3n) is 2.10. The van der Waals surface area contributed by atoms with Crippen LogP contribution in [0.2, 0.25) is 13.1 Å². The molecule has 0 spiro atoms. The van der Waals surface area contributed by atoms with Gasteiger partial charge < -0.3 is 21.3 Å². The smallest absolute Gasteiger partial charge is 0.677 e. The van der Waals surface area contributed by atoms with Crippen molar-refractivity contribution in [3.8, 4) is 0 Å². The van der Waals surface area contributed by atoms with E-state index in [1.807, 2.05) is 45.0 Å². The third-order valence-corrected chi connectivity index (χ3v) is 3.81. The van der Waals surface area contributed by atoms with E-state index >= 15 is 0 Å². The Morgan fingerprint density at radius 2 is 1.05 bits per heavy atom. The molecule has 0 unspecified atom stereocenters. The van der Waals surface area contributed by atoms with Gasteiger partial charge in [0.25, 0.3) is 0 Å². The van der Waals surface area contributed by atoms with Gasteiger partial charge in [0.2, 0.25) is 8.41 Å². The fourth-order valence-corrected chi connectivity index (χ4v) is 1.76. The predicted molar refractivity (Wildman–Crippen MR) is 98.7 cm³/mol. The molecule has 128 valence electrons. The summed E-state index contributed by atoms with van der Waals surface area (Å²) in [5, 5.41) is 0.891. The van der Waals surface area contributed by atoms with E-state index in [9.17, 15) is 4.11 Å². The Morgan fingerprint density at radius 1 is 0.818 bits per heavy atom. The second-order valence-electron chi connectivity index (χ2n) is 4.90. The molecule has 0 saturated carbocycles. The SMILES string of the molecule is CCC[NH-].CCC[NH-].CCC[NH-].C[Si](C)(F)[c-]1cccc1.[Hf+4]. The molecule has 3 nitrogen and oxygen atoms in total. The molecule has 1 aromatic rings. The molecule has 0 fully saturated rings.